The predicted molar refractivity (Wildman–Crippen MR) is 171 cm³/mol. The SMILES string of the molecule is NS(=O)(=O)c1nc2ccc(OCc3cn(CC(=O)NC(CSCc4cccc(OCCOCCOCCF)c4)C(=O)O)nn3)cc2s1. The van der Waals surface area contributed by atoms with Crippen LogP contribution in [0.15, 0.2) is 53.0 Å². The van der Waals surface area contributed by atoms with Crippen molar-refractivity contribution in [3.63, 3.8) is 0 Å². The van der Waals surface area contributed by atoms with Crippen molar-refractivity contribution in [1.82, 2.24) is 25.3 Å². The summed E-state index contributed by atoms with van der Waals surface area (Å²) < 4.78 is 58.5. The molecule has 1 atom stereocenters. The smallest absolute Gasteiger partial charge is 0.327 e. The highest BCUT2D eigenvalue weighted by Crippen LogP contribution is 2.28. The molecule has 254 valence electrons. The number of amides is 1. The van der Waals surface area contributed by atoms with Gasteiger partial charge in [-0.2, -0.15) is 11.8 Å². The molecular formula is C28H33FN6O9S3. The van der Waals surface area contributed by atoms with Gasteiger partial charge in [0.15, 0.2) is 0 Å². The number of hydrogen-bond acceptors (Lipinski definition) is 13. The van der Waals surface area contributed by atoms with Crippen LogP contribution in [-0.4, -0.2) is 96.9 Å². The zero-order valence-corrected chi connectivity index (χ0v) is 27.4. The maximum absolute atomic E-state index is 12.6. The summed E-state index contributed by atoms with van der Waals surface area (Å²) in [5, 5.41) is 25.2. The average molecular weight is 713 g/mol. The molecule has 0 fully saturated rings. The largest absolute Gasteiger partial charge is 0.491 e. The normalized spacial score (nSPS) is 12.2. The van der Waals surface area contributed by atoms with Crippen molar-refractivity contribution in [3.8, 4) is 11.5 Å². The molecule has 2 aromatic carbocycles. The Morgan fingerprint density at radius 1 is 1.06 bits per heavy atom. The molecule has 0 aliphatic carbocycles. The van der Waals surface area contributed by atoms with Crippen molar-refractivity contribution >= 4 is 55.2 Å². The van der Waals surface area contributed by atoms with Crippen molar-refractivity contribution in [2.24, 2.45) is 5.14 Å². The van der Waals surface area contributed by atoms with Gasteiger partial charge >= 0.3 is 5.97 Å². The van der Waals surface area contributed by atoms with Crippen LogP contribution in [0.2, 0.25) is 0 Å². The number of sulfonamides is 1. The molecule has 47 heavy (non-hydrogen) atoms. The number of thioether (sulfide) groups is 1. The number of nitrogens with two attached hydrogens (primary N) is 1. The van der Waals surface area contributed by atoms with E-state index in [4.69, 9.17) is 24.1 Å². The van der Waals surface area contributed by atoms with E-state index in [1.54, 1.807) is 24.3 Å². The van der Waals surface area contributed by atoms with E-state index in [0.29, 0.717) is 59.6 Å². The molecule has 0 bridgehead atoms. The standard InChI is InChI=1S/C28H33FN6O9S3/c29-6-7-41-8-9-42-10-11-43-21-3-1-2-19(12-21)17-45-18-24(27(37)38)31-26(36)15-35-14-20(33-34-35)16-44-22-4-5-23-25(13-22)46-28(32-23)47(30,39)40/h1-5,12-14,24H,6-11,15-18H2,(H,31,36)(H,37,38)(H2,30,39,40). The molecule has 2 aromatic heterocycles. The molecule has 15 nitrogen and oxygen atoms in total. The minimum atomic E-state index is -3.91. The van der Waals surface area contributed by atoms with Gasteiger partial charge in [0, 0.05) is 11.5 Å². The molecule has 2 heterocycles. The van der Waals surface area contributed by atoms with E-state index in [1.807, 2.05) is 18.2 Å². The Labute approximate surface area is 277 Å². The number of rotatable bonds is 21. The Bertz CT molecular complexity index is 1740. The fraction of sp³-hybridized carbons (Fsp3) is 0.393. The summed E-state index contributed by atoms with van der Waals surface area (Å²) in [5.41, 5.74) is 1.80. The molecule has 4 aromatic rings. The number of carboxylic acids is 1. The van der Waals surface area contributed by atoms with Crippen LogP contribution in [0.4, 0.5) is 4.39 Å². The number of primary sulfonamides is 1. The topological polar surface area (TPSA) is 207 Å². The second-order valence-electron chi connectivity index (χ2n) is 9.73. The number of carbonyl (C=O) groups excluding carboxylic acids is 1. The number of aliphatic carboxylic acids is 1. The lowest BCUT2D eigenvalue weighted by Crippen LogP contribution is -2.44. The number of fused-ring (bicyclic) bond motifs is 1. The lowest BCUT2D eigenvalue weighted by molar-refractivity contribution is -0.141. The van der Waals surface area contributed by atoms with Gasteiger partial charge in [0.2, 0.25) is 10.2 Å². The number of carboxylic acid groups (broad SMARTS) is 1. The highest BCUT2D eigenvalue weighted by Gasteiger charge is 2.21. The number of hydrogen-bond donors (Lipinski definition) is 3. The van der Waals surface area contributed by atoms with Gasteiger partial charge in [0.05, 0.1) is 42.8 Å². The second-order valence-corrected chi connectivity index (χ2v) is 13.5. The van der Waals surface area contributed by atoms with Crippen molar-refractivity contribution in [2.45, 2.75) is 29.3 Å². The number of alkyl halides is 1. The van der Waals surface area contributed by atoms with Gasteiger partial charge in [-0.1, -0.05) is 17.3 Å². The van der Waals surface area contributed by atoms with E-state index >= 15 is 0 Å². The minimum absolute atomic E-state index is 0.0143. The fourth-order valence-electron chi connectivity index (χ4n) is 3.91. The van der Waals surface area contributed by atoms with Gasteiger partial charge in [-0.25, -0.2) is 32.4 Å². The van der Waals surface area contributed by atoms with Crippen LogP contribution >= 0.6 is 23.1 Å². The molecule has 0 saturated heterocycles. The van der Waals surface area contributed by atoms with E-state index in [1.165, 1.54) is 22.6 Å². The number of halogens is 1. The first-order valence-electron chi connectivity index (χ1n) is 14.1. The lowest BCUT2D eigenvalue weighted by atomic mass is 10.2. The van der Waals surface area contributed by atoms with Crippen LogP contribution in [0, 0.1) is 0 Å². The molecule has 0 saturated carbocycles. The van der Waals surface area contributed by atoms with Gasteiger partial charge in [-0.15, -0.1) is 16.4 Å². The van der Waals surface area contributed by atoms with Gasteiger partial charge < -0.3 is 29.4 Å². The van der Waals surface area contributed by atoms with E-state index in [-0.39, 0.29) is 29.9 Å². The number of thiazole rings is 1. The number of nitrogens with one attached hydrogen (secondary N) is 1. The highest BCUT2D eigenvalue weighted by molar-refractivity contribution is 7.98. The molecule has 0 aliphatic rings. The lowest BCUT2D eigenvalue weighted by Gasteiger charge is -2.14. The number of carbonyl (C=O) groups is 2. The first kappa shape index (κ1) is 36.0. The molecule has 0 radical (unpaired) electrons. The summed E-state index contributed by atoms with van der Waals surface area (Å²) in [7, 11) is -3.91. The summed E-state index contributed by atoms with van der Waals surface area (Å²) in [6.45, 7) is 0.620. The average Bonchev–Trinajstić information content (AvgIpc) is 3.67. The highest BCUT2D eigenvalue weighted by atomic mass is 32.2. The van der Waals surface area contributed by atoms with E-state index in [0.717, 1.165) is 16.9 Å². The number of aromatic nitrogens is 4. The number of nitrogens with zero attached hydrogens (tertiary/aromatic N) is 4. The van der Waals surface area contributed by atoms with Crippen LogP contribution in [0.25, 0.3) is 10.2 Å². The fourth-order valence-corrected chi connectivity index (χ4v) is 6.59. The quantitative estimate of drug-likeness (QED) is 0.106. The number of ether oxygens (including phenoxy) is 4. The summed E-state index contributed by atoms with van der Waals surface area (Å²) in [6.07, 6.45) is 1.50. The third-order valence-electron chi connectivity index (χ3n) is 6.04. The minimum Gasteiger partial charge on any atom is -0.491 e. The van der Waals surface area contributed by atoms with Crippen molar-refractivity contribution < 1.29 is 46.5 Å². The Hall–Kier alpha value is -3.88. The third kappa shape index (κ3) is 12.0. The van der Waals surface area contributed by atoms with Gasteiger partial charge in [0.1, 0.15) is 49.7 Å². The Morgan fingerprint density at radius 2 is 1.83 bits per heavy atom. The maximum Gasteiger partial charge on any atom is 0.327 e. The molecule has 0 spiro atoms. The van der Waals surface area contributed by atoms with Crippen LogP contribution < -0.4 is 19.9 Å². The van der Waals surface area contributed by atoms with Crippen LogP contribution in [0.3, 0.4) is 0 Å². The molecule has 1 unspecified atom stereocenters. The van der Waals surface area contributed by atoms with E-state index < -0.39 is 34.6 Å². The number of benzene rings is 2. The second kappa shape index (κ2) is 17.9. The van der Waals surface area contributed by atoms with Gasteiger partial charge in [-0.3, -0.25) is 4.79 Å². The zero-order valence-electron chi connectivity index (χ0n) is 24.9. The summed E-state index contributed by atoms with van der Waals surface area (Å²) >= 11 is 2.27. The van der Waals surface area contributed by atoms with E-state index in [9.17, 15) is 27.5 Å². The molecule has 4 rings (SSSR count). The summed E-state index contributed by atoms with van der Waals surface area (Å²) in [4.78, 5) is 28.4. The van der Waals surface area contributed by atoms with Crippen molar-refractivity contribution in [3.05, 3.63) is 59.9 Å². The van der Waals surface area contributed by atoms with Crippen LogP contribution in [0.1, 0.15) is 11.3 Å². The third-order valence-corrected chi connectivity index (χ3v) is 9.48. The molecule has 4 N–H and O–H groups in total. The monoisotopic (exact) mass is 712 g/mol. The van der Waals surface area contributed by atoms with Crippen LogP contribution in [-0.2, 0) is 48.0 Å². The Balaban J connectivity index is 1.18. The van der Waals surface area contributed by atoms with E-state index in [2.05, 4.69) is 20.6 Å². The molecule has 0 aliphatic heterocycles. The Morgan fingerprint density at radius 3 is 2.60 bits per heavy atom. The summed E-state index contributed by atoms with van der Waals surface area (Å²) in [6, 6.07) is 11.1. The summed E-state index contributed by atoms with van der Waals surface area (Å²) in [5.74, 6) is -0.0165. The predicted octanol–water partition coefficient (Wildman–Crippen LogP) is 2.00. The van der Waals surface area contributed by atoms with Crippen LogP contribution in [0.5, 0.6) is 11.5 Å². The van der Waals surface area contributed by atoms with Crippen molar-refractivity contribution in [1.29, 1.82) is 0 Å². The molecule has 19 heteroatoms. The van der Waals surface area contributed by atoms with Gasteiger partial charge in [-0.05, 0) is 35.9 Å². The van der Waals surface area contributed by atoms with Gasteiger partial charge in [0.25, 0.3) is 10.0 Å². The first-order chi connectivity index (χ1) is 22.6. The Kier molecular flexibility index (Phi) is 13.7. The molecular weight excluding hydrogens is 680 g/mol. The zero-order chi connectivity index (χ0) is 33.6. The first-order valence-corrected chi connectivity index (χ1v) is 17.6. The maximum atomic E-state index is 12.6. The van der Waals surface area contributed by atoms with Crippen molar-refractivity contribution in [2.75, 3.05) is 45.5 Å². The molecule has 1 amide bonds.